The van der Waals surface area contributed by atoms with E-state index in [9.17, 15) is 0 Å². The Morgan fingerprint density at radius 1 is 1.00 bits per heavy atom. The lowest BCUT2D eigenvalue weighted by Crippen LogP contribution is -2.13. The third-order valence-corrected chi connectivity index (χ3v) is 6.16. The summed E-state index contributed by atoms with van der Waals surface area (Å²) >= 11 is 0. The van der Waals surface area contributed by atoms with Crippen molar-refractivity contribution in [1.82, 2.24) is 0 Å². The number of rotatable bonds is 8. The molecule has 2 aromatic rings. The minimum Gasteiger partial charge on any atom is -0.497 e. The van der Waals surface area contributed by atoms with Gasteiger partial charge in [-0.3, -0.25) is 0 Å². The van der Waals surface area contributed by atoms with Crippen molar-refractivity contribution in [2.24, 2.45) is 11.8 Å². The molecule has 1 fully saturated rings. The quantitative estimate of drug-likeness (QED) is 0.450. The standard InChI is InChI=1S/C26H34O/c1-4-6-24-19-25(27-3)17-18-26(24)23-15-13-22(14-16-23)12-11-21-9-7-20(5-2)8-10-21/h5,13-21H,2,4,6-12H2,1,3H3/t20-,21-. The molecule has 0 atom stereocenters. The second-order valence-corrected chi connectivity index (χ2v) is 8.03. The van der Waals surface area contributed by atoms with Crippen LogP contribution in [0.15, 0.2) is 55.1 Å². The molecule has 3 rings (SSSR count). The van der Waals surface area contributed by atoms with Gasteiger partial charge >= 0.3 is 0 Å². The van der Waals surface area contributed by atoms with Crippen LogP contribution in [0, 0.1) is 11.8 Å². The molecule has 1 saturated carbocycles. The van der Waals surface area contributed by atoms with E-state index in [0.29, 0.717) is 0 Å². The van der Waals surface area contributed by atoms with Crippen LogP contribution in [0.3, 0.4) is 0 Å². The van der Waals surface area contributed by atoms with Gasteiger partial charge in [-0.25, -0.2) is 0 Å². The first-order chi connectivity index (χ1) is 13.2. The Kier molecular flexibility index (Phi) is 7.15. The molecular weight excluding hydrogens is 328 g/mol. The number of allylic oxidation sites excluding steroid dienone is 1. The first-order valence-corrected chi connectivity index (χ1v) is 10.6. The first kappa shape index (κ1) is 19.7. The fourth-order valence-corrected chi connectivity index (χ4v) is 4.39. The highest BCUT2D eigenvalue weighted by molar-refractivity contribution is 5.68. The van der Waals surface area contributed by atoms with Crippen molar-refractivity contribution in [2.45, 2.75) is 58.3 Å². The van der Waals surface area contributed by atoms with Gasteiger partial charge in [-0.2, -0.15) is 0 Å². The monoisotopic (exact) mass is 362 g/mol. The summed E-state index contributed by atoms with van der Waals surface area (Å²) in [5.74, 6) is 2.62. The number of hydrogen-bond donors (Lipinski definition) is 0. The molecule has 0 saturated heterocycles. The Morgan fingerprint density at radius 3 is 2.37 bits per heavy atom. The van der Waals surface area contributed by atoms with Crippen molar-refractivity contribution in [3.8, 4) is 16.9 Å². The molecule has 0 radical (unpaired) electrons. The lowest BCUT2D eigenvalue weighted by molar-refractivity contribution is 0.296. The normalized spacial score (nSPS) is 19.6. The average Bonchev–Trinajstić information content (AvgIpc) is 2.73. The minimum atomic E-state index is 0.766. The zero-order valence-electron chi connectivity index (χ0n) is 17.0. The highest BCUT2D eigenvalue weighted by atomic mass is 16.5. The molecule has 0 N–H and O–H groups in total. The van der Waals surface area contributed by atoms with Gasteiger partial charge < -0.3 is 4.74 Å². The maximum Gasteiger partial charge on any atom is 0.119 e. The molecule has 1 aliphatic rings. The summed E-state index contributed by atoms with van der Waals surface area (Å²) in [6.45, 7) is 6.19. The van der Waals surface area contributed by atoms with Crippen molar-refractivity contribution in [2.75, 3.05) is 7.11 Å². The second kappa shape index (κ2) is 9.78. The molecule has 0 heterocycles. The van der Waals surface area contributed by atoms with Crippen LogP contribution in [-0.4, -0.2) is 7.11 Å². The second-order valence-electron chi connectivity index (χ2n) is 8.03. The van der Waals surface area contributed by atoms with E-state index in [4.69, 9.17) is 4.74 Å². The van der Waals surface area contributed by atoms with E-state index in [-0.39, 0.29) is 0 Å². The summed E-state index contributed by atoms with van der Waals surface area (Å²) in [6.07, 6.45) is 12.3. The number of ether oxygens (including phenoxy) is 1. The lowest BCUT2D eigenvalue weighted by Gasteiger charge is -2.26. The van der Waals surface area contributed by atoms with E-state index in [0.717, 1.165) is 30.4 Å². The lowest BCUT2D eigenvalue weighted by atomic mass is 9.79. The van der Waals surface area contributed by atoms with E-state index in [2.05, 4.69) is 62.0 Å². The van der Waals surface area contributed by atoms with Gasteiger partial charge in [0.1, 0.15) is 5.75 Å². The highest BCUT2D eigenvalue weighted by Crippen LogP contribution is 2.33. The molecule has 0 aliphatic heterocycles. The molecule has 144 valence electrons. The van der Waals surface area contributed by atoms with Crippen LogP contribution in [0.4, 0.5) is 0 Å². The fourth-order valence-electron chi connectivity index (χ4n) is 4.39. The first-order valence-electron chi connectivity index (χ1n) is 10.6. The molecule has 27 heavy (non-hydrogen) atoms. The number of aryl methyl sites for hydroxylation is 2. The van der Waals surface area contributed by atoms with Gasteiger partial charge in [0, 0.05) is 0 Å². The molecular formula is C26H34O. The van der Waals surface area contributed by atoms with E-state index in [1.807, 2.05) is 0 Å². The van der Waals surface area contributed by atoms with E-state index < -0.39 is 0 Å². The molecule has 0 bridgehead atoms. The topological polar surface area (TPSA) is 9.23 Å². The van der Waals surface area contributed by atoms with E-state index >= 15 is 0 Å². The molecule has 1 nitrogen and oxygen atoms in total. The van der Waals surface area contributed by atoms with Crippen LogP contribution < -0.4 is 4.74 Å². The predicted molar refractivity (Wildman–Crippen MR) is 116 cm³/mol. The molecule has 2 aromatic carbocycles. The van der Waals surface area contributed by atoms with Crippen molar-refractivity contribution in [1.29, 1.82) is 0 Å². The maximum absolute atomic E-state index is 5.41. The van der Waals surface area contributed by atoms with Gasteiger partial charge in [0.05, 0.1) is 7.11 Å². The van der Waals surface area contributed by atoms with Gasteiger partial charge in [-0.1, -0.05) is 49.8 Å². The Balaban J connectivity index is 1.63. The average molecular weight is 363 g/mol. The van der Waals surface area contributed by atoms with Crippen LogP contribution >= 0.6 is 0 Å². The van der Waals surface area contributed by atoms with Crippen LogP contribution in [-0.2, 0) is 12.8 Å². The minimum absolute atomic E-state index is 0.766. The molecule has 0 unspecified atom stereocenters. The molecule has 0 spiro atoms. The van der Waals surface area contributed by atoms with Crippen molar-refractivity contribution in [3.05, 3.63) is 66.2 Å². The van der Waals surface area contributed by atoms with Crippen molar-refractivity contribution >= 4 is 0 Å². The van der Waals surface area contributed by atoms with Crippen molar-refractivity contribution < 1.29 is 4.74 Å². The Hall–Kier alpha value is -2.02. The Bertz CT molecular complexity index is 720. The van der Waals surface area contributed by atoms with Gasteiger partial charge in [-0.05, 0) is 91.2 Å². The van der Waals surface area contributed by atoms with Gasteiger partial charge in [-0.15, -0.1) is 6.58 Å². The van der Waals surface area contributed by atoms with Gasteiger partial charge in [0.25, 0.3) is 0 Å². The summed E-state index contributed by atoms with van der Waals surface area (Å²) in [5, 5.41) is 0. The van der Waals surface area contributed by atoms with E-state index in [1.165, 1.54) is 60.8 Å². The smallest absolute Gasteiger partial charge is 0.119 e. The summed E-state index contributed by atoms with van der Waals surface area (Å²) in [7, 11) is 1.74. The van der Waals surface area contributed by atoms with Gasteiger partial charge in [0.2, 0.25) is 0 Å². The largest absolute Gasteiger partial charge is 0.497 e. The predicted octanol–water partition coefficient (Wildman–Crippen LogP) is 7.24. The highest BCUT2D eigenvalue weighted by Gasteiger charge is 2.18. The molecule has 0 aromatic heterocycles. The third kappa shape index (κ3) is 5.25. The summed E-state index contributed by atoms with van der Waals surface area (Å²) in [6, 6.07) is 15.7. The van der Waals surface area contributed by atoms with E-state index in [1.54, 1.807) is 7.11 Å². The van der Waals surface area contributed by atoms with Crippen LogP contribution in [0.1, 0.15) is 56.6 Å². The summed E-state index contributed by atoms with van der Waals surface area (Å²) < 4.78 is 5.41. The maximum atomic E-state index is 5.41. The SMILES string of the molecule is C=C[C@H]1CC[C@H](CCc2ccc(-c3ccc(OC)cc3CCC)cc2)CC1. The zero-order valence-corrected chi connectivity index (χ0v) is 17.0. The van der Waals surface area contributed by atoms with Crippen LogP contribution in [0.2, 0.25) is 0 Å². The third-order valence-electron chi connectivity index (χ3n) is 6.16. The molecule has 1 heteroatoms. The summed E-state index contributed by atoms with van der Waals surface area (Å²) in [5.41, 5.74) is 5.50. The molecule has 0 amide bonds. The van der Waals surface area contributed by atoms with Crippen LogP contribution in [0.25, 0.3) is 11.1 Å². The number of benzene rings is 2. The number of hydrogen-bond acceptors (Lipinski definition) is 1. The zero-order chi connectivity index (χ0) is 19.1. The van der Waals surface area contributed by atoms with Crippen LogP contribution in [0.5, 0.6) is 5.75 Å². The number of methoxy groups -OCH3 is 1. The summed E-state index contributed by atoms with van der Waals surface area (Å²) in [4.78, 5) is 0. The Labute approximate surface area is 165 Å². The fraction of sp³-hybridized carbons (Fsp3) is 0.462. The van der Waals surface area contributed by atoms with Gasteiger partial charge in [0.15, 0.2) is 0 Å². The Morgan fingerprint density at radius 2 is 1.74 bits per heavy atom. The molecule has 1 aliphatic carbocycles. The van der Waals surface area contributed by atoms with Crippen molar-refractivity contribution in [3.63, 3.8) is 0 Å².